The smallest absolute Gasteiger partial charge is 0.306 e. The highest BCUT2D eigenvalue weighted by Gasteiger charge is 2.29. The molecule has 1 saturated carbocycles. The normalized spacial score (nSPS) is 20.2. The minimum absolute atomic E-state index is 0.0534. The molecular formula is C17H22N2O5. The molecule has 1 aliphatic rings. The van der Waals surface area contributed by atoms with Crippen LogP contribution in [-0.2, 0) is 20.9 Å². The minimum atomic E-state index is -0.776. The summed E-state index contributed by atoms with van der Waals surface area (Å²) in [7, 11) is 0. The summed E-state index contributed by atoms with van der Waals surface area (Å²) in [6.45, 7) is 0.161. The van der Waals surface area contributed by atoms with E-state index in [4.69, 9.17) is 15.6 Å². The fraction of sp³-hybridized carbons (Fsp3) is 0.471. The monoisotopic (exact) mass is 334 g/mol. The van der Waals surface area contributed by atoms with E-state index in [1.165, 1.54) is 0 Å². The van der Waals surface area contributed by atoms with Crippen LogP contribution in [0, 0.1) is 11.8 Å². The van der Waals surface area contributed by atoms with Gasteiger partial charge in [-0.25, -0.2) is 0 Å². The third-order valence-corrected chi connectivity index (χ3v) is 4.19. The first kappa shape index (κ1) is 17.8. The Morgan fingerprint density at radius 1 is 1.17 bits per heavy atom. The van der Waals surface area contributed by atoms with Gasteiger partial charge >= 0.3 is 5.97 Å². The number of carboxylic acid groups (broad SMARTS) is 1. The van der Waals surface area contributed by atoms with E-state index in [1.54, 1.807) is 18.2 Å². The molecular weight excluding hydrogens is 312 g/mol. The van der Waals surface area contributed by atoms with Gasteiger partial charge in [0.25, 0.3) is 5.91 Å². The molecule has 4 N–H and O–H groups in total. The number of primary amides is 1. The average Bonchev–Trinajstić information content (AvgIpc) is 2.58. The molecule has 0 atom stereocenters. The first-order valence-corrected chi connectivity index (χ1v) is 7.96. The number of rotatable bonds is 7. The maximum Gasteiger partial charge on any atom is 0.306 e. The quantitative estimate of drug-likeness (QED) is 0.689. The Morgan fingerprint density at radius 2 is 1.83 bits per heavy atom. The topological polar surface area (TPSA) is 119 Å². The van der Waals surface area contributed by atoms with Crippen LogP contribution in [-0.4, -0.2) is 29.5 Å². The second-order valence-corrected chi connectivity index (χ2v) is 6.01. The van der Waals surface area contributed by atoms with Crippen molar-refractivity contribution in [2.24, 2.45) is 17.6 Å². The van der Waals surface area contributed by atoms with Crippen molar-refractivity contribution in [2.45, 2.75) is 32.2 Å². The van der Waals surface area contributed by atoms with Crippen molar-refractivity contribution in [3.63, 3.8) is 0 Å². The summed E-state index contributed by atoms with van der Waals surface area (Å²) in [4.78, 5) is 33.8. The van der Waals surface area contributed by atoms with Gasteiger partial charge in [-0.2, -0.15) is 0 Å². The van der Waals surface area contributed by atoms with E-state index in [-0.39, 0.29) is 24.3 Å². The number of nitrogens with two attached hydrogens (primary N) is 1. The molecule has 1 aromatic carbocycles. The Morgan fingerprint density at radius 3 is 2.46 bits per heavy atom. The first-order chi connectivity index (χ1) is 11.5. The standard InChI is InChI=1S/C17H22N2O5/c18-15(20)10-24-14-3-1-2-11(8-14)9-19-16(21)12-4-6-13(7-5-12)17(22)23/h1-3,8,12-13H,4-7,9-10H2,(H2,18,20)(H,19,21)(H,22,23). The molecule has 7 nitrogen and oxygen atoms in total. The van der Waals surface area contributed by atoms with Crippen LogP contribution in [0.15, 0.2) is 24.3 Å². The molecule has 24 heavy (non-hydrogen) atoms. The van der Waals surface area contributed by atoms with Crippen LogP contribution in [0.2, 0.25) is 0 Å². The molecule has 0 aliphatic heterocycles. The third-order valence-electron chi connectivity index (χ3n) is 4.19. The SMILES string of the molecule is NC(=O)COc1cccc(CNC(=O)C2CCC(C(=O)O)CC2)c1. The lowest BCUT2D eigenvalue weighted by molar-refractivity contribution is -0.144. The minimum Gasteiger partial charge on any atom is -0.484 e. The number of carboxylic acids is 1. The summed E-state index contributed by atoms with van der Waals surface area (Å²) in [5, 5.41) is 11.8. The van der Waals surface area contributed by atoms with Crippen LogP contribution < -0.4 is 15.8 Å². The van der Waals surface area contributed by atoms with E-state index in [9.17, 15) is 14.4 Å². The van der Waals surface area contributed by atoms with Crippen LogP contribution in [0.1, 0.15) is 31.2 Å². The number of carbonyl (C=O) groups is 3. The summed E-state index contributed by atoms with van der Waals surface area (Å²) >= 11 is 0. The van der Waals surface area contributed by atoms with Crippen molar-refractivity contribution >= 4 is 17.8 Å². The number of ether oxygens (including phenoxy) is 1. The van der Waals surface area contributed by atoms with Gasteiger partial charge in [0.2, 0.25) is 5.91 Å². The second kappa shape index (κ2) is 8.33. The predicted molar refractivity (Wildman–Crippen MR) is 86.1 cm³/mol. The molecule has 2 amide bonds. The van der Waals surface area contributed by atoms with Crippen LogP contribution >= 0.6 is 0 Å². The molecule has 0 unspecified atom stereocenters. The highest BCUT2D eigenvalue weighted by atomic mass is 16.5. The van der Waals surface area contributed by atoms with Gasteiger partial charge in [0, 0.05) is 12.5 Å². The van der Waals surface area contributed by atoms with Gasteiger partial charge in [-0.15, -0.1) is 0 Å². The summed E-state index contributed by atoms with van der Waals surface area (Å²) in [6.07, 6.45) is 2.29. The van der Waals surface area contributed by atoms with Crippen LogP contribution in [0.5, 0.6) is 5.75 Å². The highest BCUT2D eigenvalue weighted by molar-refractivity contribution is 5.79. The molecule has 0 heterocycles. The Kier molecular flexibility index (Phi) is 6.17. The predicted octanol–water partition coefficient (Wildman–Crippen LogP) is 1.06. The number of carbonyl (C=O) groups excluding carboxylic acids is 2. The van der Waals surface area contributed by atoms with E-state index < -0.39 is 11.9 Å². The van der Waals surface area contributed by atoms with Gasteiger partial charge in [-0.1, -0.05) is 12.1 Å². The van der Waals surface area contributed by atoms with Crippen molar-refractivity contribution in [3.8, 4) is 5.75 Å². The first-order valence-electron chi connectivity index (χ1n) is 7.96. The van der Waals surface area contributed by atoms with Gasteiger partial charge in [-0.3, -0.25) is 14.4 Å². The lowest BCUT2D eigenvalue weighted by Crippen LogP contribution is -2.34. The molecule has 130 valence electrons. The van der Waals surface area contributed by atoms with Crippen LogP contribution in [0.4, 0.5) is 0 Å². The second-order valence-electron chi connectivity index (χ2n) is 6.01. The van der Waals surface area contributed by atoms with Crippen LogP contribution in [0.25, 0.3) is 0 Å². The Labute approximate surface area is 140 Å². The number of hydrogen-bond donors (Lipinski definition) is 3. The maximum absolute atomic E-state index is 12.2. The van der Waals surface area contributed by atoms with Crippen molar-refractivity contribution in [2.75, 3.05) is 6.61 Å². The summed E-state index contributed by atoms with van der Waals surface area (Å²) in [5.41, 5.74) is 5.88. The van der Waals surface area contributed by atoms with E-state index in [2.05, 4.69) is 5.32 Å². The number of benzene rings is 1. The Hall–Kier alpha value is -2.57. The zero-order chi connectivity index (χ0) is 17.5. The van der Waals surface area contributed by atoms with Crippen molar-refractivity contribution in [1.82, 2.24) is 5.32 Å². The van der Waals surface area contributed by atoms with Gasteiger partial charge in [-0.05, 0) is 43.4 Å². The number of aliphatic carboxylic acids is 1. The van der Waals surface area contributed by atoms with E-state index in [0.29, 0.717) is 38.0 Å². The Bertz CT molecular complexity index is 609. The lowest BCUT2D eigenvalue weighted by atomic mass is 9.81. The molecule has 0 spiro atoms. The summed E-state index contributed by atoms with van der Waals surface area (Å²) in [5.74, 6) is -1.32. The van der Waals surface area contributed by atoms with E-state index in [1.807, 2.05) is 6.07 Å². The molecule has 0 bridgehead atoms. The molecule has 0 saturated heterocycles. The highest BCUT2D eigenvalue weighted by Crippen LogP contribution is 2.29. The van der Waals surface area contributed by atoms with E-state index >= 15 is 0 Å². The van der Waals surface area contributed by atoms with Crippen molar-refractivity contribution < 1.29 is 24.2 Å². The number of amides is 2. The van der Waals surface area contributed by atoms with Crippen molar-refractivity contribution in [3.05, 3.63) is 29.8 Å². The zero-order valence-electron chi connectivity index (χ0n) is 13.4. The van der Waals surface area contributed by atoms with Gasteiger partial charge in [0.15, 0.2) is 6.61 Å². The average molecular weight is 334 g/mol. The lowest BCUT2D eigenvalue weighted by Gasteiger charge is -2.25. The summed E-state index contributed by atoms with van der Waals surface area (Å²) in [6, 6.07) is 7.07. The number of hydrogen-bond acceptors (Lipinski definition) is 4. The van der Waals surface area contributed by atoms with E-state index in [0.717, 1.165) is 5.56 Å². The van der Waals surface area contributed by atoms with Gasteiger partial charge in [0.05, 0.1) is 5.92 Å². The molecule has 0 radical (unpaired) electrons. The molecule has 0 aromatic heterocycles. The fourth-order valence-electron chi connectivity index (χ4n) is 2.84. The molecule has 1 fully saturated rings. The molecule has 7 heteroatoms. The summed E-state index contributed by atoms with van der Waals surface area (Å²) < 4.78 is 5.22. The third kappa shape index (κ3) is 5.26. The van der Waals surface area contributed by atoms with Gasteiger partial charge in [0.1, 0.15) is 5.75 Å². The molecule has 2 rings (SSSR count). The fourth-order valence-corrected chi connectivity index (χ4v) is 2.84. The van der Waals surface area contributed by atoms with Crippen molar-refractivity contribution in [1.29, 1.82) is 0 Å². The molecule has 1 aromatic rings. The van der Waals surface area contributed by atoms with Crippen LogP contribution in [0.3, 0.4) is 0 Å². The number of nitrogens with one attached hydrogen (secondary N) is 1. The largest absolute Gasteiger partial charge is 0.484 e. The molecule has 1 aliphatic carbocycles. The van der Waals surface area contributed by atoms with Gasteiger partial charge < -0.3 is 20.9 Å². The zero-order valence-corrected chi connectivity index (χ0v) is 13.4. The maximum atomic E-state index is 12.2. The Balaban J connectivity index is 1.80.